The first-order valence-electron chi connectivity index (χ1n) is 2.61. The molecule has 0 atom stereocenters. The van der Waals surface area contributed by atoms with Gasteiger partial charge in [-0.25, -0.2) is 0 Å². The highest BCUT2D eigenvalue weighted by Crippen LogP contribution is 2.29. The number of rotatable bonds is 0. The van der Waals surface area contributed by atoms with Crippen molar-refractivity contribution >= 4 is 5.69 Å². The van der Waals surface area contributed by atoms with E-state index in [9.17, 15) is 13.2 Å². The average molecular weight is 163 g/mol. The monoisotopic (exact) mass is 163 g/mol. The second-order valence-electron chi connectivity index (χ2n) is 2.04. The lowest BCUT2D eigenvalue weighted by Crippen LogP contribution is -2.42. The SMILES string of the molecule is N=c1c(N)c(C(F)(F)F)c1=N. The number of anilines is 1. The van der Waals surface area contributed by atoms with Crippen LogP contribution in [0, 0.1) is 10.8 Å². The largest absolute Gasteiger partial charge is 0.420 e. The lowest BCUT2D eigenvalue weighted by Gasteiger charge is -2.12. The Bertz CT molecular complexity index is 355. The van der Waals surface area contributed by atoms with Gasteiger partial charge < -0.3 is 5.73 Å². The van der Waals surface area contributed by atoms with E-state index in [1.54, 1.807) is 0 Å². The van der Waals surface area contributed by atoms with E-state index in [1.165, 1.54) is 0 Å². The summed E-state index contributed by atoms with van der Waals surface area (Å²) in [6, 6.07) is 0. The van der Waals surface area contributed by atoms with Crippen LogP contribution in [0.4, 0.5) is 18.9 Å². The Hall–Kier alpha value is -1.33. The fourth-order valence-electron chi connectivity index (χ4n) is 0.751. The van der Waals surface area contributed by atoms with Gasteiger partial charge in [0.1, 0.15) is 10.9 Å². The summed E-state index contributed by atoms with van der Waals surface area (Å²) in [5.74, 6) is 0. The maximum absolute atomic E-state index is 11.8. The topological polar surface area (TPSA) is 73.7 Å². The zero-order valence-electron chi connectivity index (χ0n) is 5.21. The summed E-state index contributed by atoms with van der Waals surface area (Å²) in [6.07, 6.45) is -4.59. The van der Waals surface area contributed by atoms with Crippen molar-refractivity contribution in [2.75, 3.05) is 5.73 Å². The third-order valence-corrected chi connectivity index (χ3v) is 1.32. The molecule has 0 bridgehead atoms. The molecule has 11 heavy (non-hydrogen) atoms. The maximum atomic E-state index is 11.8. The molecule has 0 heterocycles. The molecule has 0 fully saturated rings. The summed E-state index contributed by atoms with van der Waals surface area (Å²) >= 11 is 0. The molecular formula is C5H4F3N3. The van der Waals surface area contributed by atoms with Gasteiger partial charge in [0.05, 0.1) is 11.0 Å². The summed E-state index contributed by atoms with van der Waals surface area (Å²) in [5.41, 5.74) is 3.02. The van der Waals surface area contributed by atoms with Crippen molar-refractivity contribution < 1.29 is 13.2 Å². The van der Waals surface area contributed by atoms with Crippen molar-refractivity contribution in [1.29, 1.82) is 10.8 Å². The lowest BCUT2D eigenvalue weighted by atomic mass is 10.1. The number of halogens is 3. The van der Waals surface area contributed by atoms with Crippen LogP contribution in [0.15, 0.2) is 0 Å². The first-order valence-corrected chi connectivity index (χ1v) is 2.61. The van der Waals surface area contributed by atoms with Gasteiger partial charge in [0.2, 0.25) is 0 Å². The van der Waals surface area contributed by atoms with E-state index in [0.29, 0.717) is 0 Å². The van der Waals surface area contributed by atoms with Gasteiger partial charge in [0.25, 0.3) is 0 Å². The van der Waals surface area contributed by atoms with Gasteiger partial charge in [0, 0.05) is 0 Å². The van der Waals surface area contributed by atoms with Gasteiger partial charge in [-0.15, -0.1) is 0 Å². The van der Waals surface area contributed by atoms with Crippen molar-refractivity contribution in [3.8, 4) is 0 Å². The van der Waals surface area contributed by atoms with Crippen LogP contribution in [-0.2, 0) is 6.18 Å². The highest BCUT2D eigenvalue weighted by molar-refractivity contribution is 5.51. The molecule has 4 N–H and O–H groups in total. The highest BCUT2D eigenvalue weighted by Gasteiger charge is 2.38. The predicted molar refractivity (Wildman–Crippen MR) is 29.9 cm³/mol. The molecule has 0 spiro atoms. The third-order valence-electron chi connectivity index (χ3n) is 1.32. The molecule has 6 heteroatoms. The smallest absolute Gasteiger partial charge is 0.396 e. The second-order valence-corrected chi connectivity index (χ2v) is 2.04. The molecule has 0 aliphatic rings. The summed E-state index contributed by atoms with van der Waals surface area (Å²) in [4.78, 5) is 0. The minimum absolute atomic E-state index is 0.530. The van der Waals surface area contributed by atoms with Crippen molar-refractivity contribution in [3.05, 3.63) is 16.3 Å². The quantitative estimate of drug-likeness (QED) is 0.499. The van der Waals surface area contributed by atoms with E-state index < -0.39 is 28.1 Å². The molecule has 3 nitrogen and oxygen atoms in total. The van der Waals surface area contributed by atoms with Crippen LogP contribution in [-0.4, -0.2) is 0 Å². The van der Waals surface area contributed by atoms with E-state index in [4.69, 9.17) is 16.6 Å². The fraction of sp³-hybridized carbons (Fsp3) is 0.200. The molecule has 0 aromatic heterocycles. The van der Waals surface area contributed by atoms with Crippen molar-refractivity contribution in [3.63, 3.8) is 0 Å². The molecule has 1 rings (SSSR count). The number of alkyl halides is 3. The van der Waals surface area contributed by atoms with Crippen LogP contribution in [0.3, 0.4) is 0 Å². The summed E-state index contributed by atoms with van der Waals surface area (Å²) < 4.78 is 35.4. The first kappa shape index (κ1) is 7.77. The molecule has 0 saturated carbocycles. The Morgan fingerprint density at radius 3 is 1.73 bits per heavy atom. The summed E-state index contributed by atoms with van der Waals surface area (Å²) in [6.45, 7) is 0. The van der Waals surface area contributed by atoms with Crippen LogP contribution >= 0.6 is 0 Å². The molecule has 60 valence electrons. The van der Waals surface area contributed by atoms with Crippen LogP contribution in [0.1, 0.15) is 5.56 Å². The molecule has 0 radical (unpaired) electrons. The van der Waals surface area contributed by atoms with E-state index >= 15 is 0 Å². The molecule has 1 aromatic rings. The number of hydrogen-bond donors (Lipinski definition) is 3. The molecule has 0 aliphatic heterocycles. The Morgan fingerprint density at radius 2 is 1.55 bits per heavy atom. The van der Waals surface area contributed by atoms with Crippen LogP contribution in [0.25, 0.3) is 0 Å². The van der Waals surface area contributed by atoms with Crippen molar-refractivity contribution in [2.45, 2.75) is 6.18 Å². The number of hydrogen-bond acceptors (Lipinski definition) is 3. The minimum atomic E-state index is -4.59. The molecular weight excluding hydrogens is 159 g/mol. The molecule has 1 aromatic carbocycles. The van der Waals surface area contributed by atoms with Crippen molar-refractivity contribution in [2.24, 2.45) is 0 Å². The normalized spacial score (nSPS) is 12.3. The Kier molecular flexibility index (Phi) is 1.30. The van der Waals surface area contributed by atoms with E-state index in [1.807, 2.05) is 0 Å². The van der Waals surface area contributed by atoms with Gasteiger partial charge in [-0.1, -0.05) is 0 Å². The Balaban J connectivity index is 3.31. The zero-order valence-corrected chi connectivity index (χ0v) is 5.21. The van der Waals surface area contributed by atoms with Gasteiger partial charge in [-0.2, -0.15) is 13.2 Å². The number of nitrogens with two attached hydrogens (primary N) is 1. The average Bonchev–Trinajstić information content (AvgIpc) is 1.85. The van der Waals surface area contributed by atoms with E-state index in [-0.39, 0.29) is 0 Å². The molecule has 0 unspecified atom stereocenters. The molecule has 0 aliphatic carbocycles. The van der Waals surface area contributed by atoms with Gasteiger partial charge in [0.15, 0.2) is 0 Å². The van der Waals surface area contributed by atoms with Crippen LogP contribution in [0.2, 0.25) is 0 Å². The Morgan fingerprint density at radius 1 is 1.09 bits per heavy atom. The van der Waals surface area contributed by atoms with Gasteiger partial charge in [-0.3, -0.25) is 10.8 Å². The predicted octanol–water partition coefficient (Wildman–Crippen LogP) is 0.122. The second kappa shape index (κ2) is 1.84. The van der Waals surface area contributed by atoms with Gasteiger partial charge >= 0.3 is 6.18 Å². The fourth-order valence-corrected chi connectivity index (χ4v) is 0.751. The van der Waals surface area contributed by atoms with Crippen LogP contribution in [0.5, 0.6) is 0 Å². The first-order chi connectivity index (χ1) is 4.85. The maximum Gasteiger partial charge on any atom is 0.420 e. The molecule has 0 saturated heterocycles. The van der Waals surface area contributed by atoms with E-state index in [0.717, 1.165) is 0 Å². The van der Waals surface area contributed by atoms with Crippen LogP contribution < -0.4 is 16.4 Å². The molecule has 0 amide bonds. The minimum Gasteiger partial charge on any atom is -0.396 e. The van der Waals surface area contributed by atoms with Crippen molar-refractivity contribution in [1.82, 2.24) is 0 Å². The van der Waals surface area contributed by atoms with Gasteiger partial charge in [-0.05, 0) is 0 Å². The standard InChI is InChI=1S/C5H4F3N3/c6-5(7,8)1-2(9)4(11)3(1)10/h9,11H,10H2. The zero-order chi connectivity index (χ0) is 8.81. The lowest BCUT2D eigenvalue weighted by molar-refractivity contribution is -0.139. The van der Waals surface area contributed by atoms with E-state index in [2.05, 4.69) is 0 Å². The third kappa shape index (κ3) is 0.903. The number of nitrogens with one attached hydrogen (secondary N) is 2. The Labute approximate surface area is 59.0 Å². The number of nitrogen functional groups attached to an aromatic ring is 1. The highest BCUT2D eigenvalue weighted by atomic mass is 19.4. The summed E-state index contributed by atoms with van der Waals surface area (Å²) in [7, 11) is 0. The summed E-state index contributed by atoms with van der Waals surface area (Å²) in [5, 5.41) is 12.1.